The van der Waals surface area contributed by atoms with Crippen molar-refractivity contribution in [2.24, 2.45) is 24.8 Å². The molecular weight excluding hydrogens is 270 g/mol. The van der Waals surface area contributed by atoms with Gasteiger partial charge in [-0.05, 0) is 43.2 Å². The van der Waals surface area contributed by atoms with Crippen molar-refractivity contribution in [2.75, 3.05) is 0 Å². The van der Waals surface area contributed by atoms with Crippen molar-refractivity contribution in [3.8, 4) is 0 Å². The molecule has 1 heterocycles. The standard InChI is InChI=1S/C17H18ClNO/c1-19-9-15(13-5-4-12(18)8-16(13)19)17(20)14-7-10-2-3-11(14)6-10/h4-5,8-11,14H,2-3,6-7H2,1H3. The first kappa shape index (κ1) is 12.5. The third-order valence-electron chi connectivity index (χ3n) is 5.29. The molecule has 2 saturated carbocycles. The van der Waals surface area contributed by atoms with E-state index in [1.165, 1.54) is 19.3 Å². The summed E-state index contributed by atoms with van der Waals surface area (Å²) >= 11 is 6.06. The number of aryl methyl sites for hydroxylation is 1. The first-order valence-corrected chi connectivity index (χ1v) is 7.80. The van der Waals surface area contributed by atoms with Crippen molar-refractivity contribution in [1.82, 2.24) is 4.57 Å². The highest BCUT2D eigenvalue weighted by molar-refractivity contribution is 6.31. The summed E-state index contributed by atoms with van der Waals surface area (Å²) in [5.41, 5.74) is 1.93. The van der Waals surface area contributed by atoms with Gasteiger partial charge in [-0.3, -0.25) is 4.79 Å². The number of nitrogens with zero attached hydrogens (tertiary/aromatic N) is 1. The Morgan fingerprint density at radius 3 is 2.85 bits per heavy atom. The largest absolute Gasteiger partial charge is 0.350 e. The zero-order chi connectivity index (χ0) is 13.9. The Labute approximate surface area is 123 Å². The lowest BCUT2D eigenvalue weighted by molar-refractivity contribution is 0.0876. The minimum absolute atomic E-state index is 0.259. The normalized spacial score (nSPS) is 28.4. The second-order valence-electron chi connectivity index (χ2n) is 6.46. The molecule has 3 atom stereocenters. The zero-order valence-electron chi connectivity index (χ0n) is 11.6. The highest BCUT2D eigenvalue weighted by Gasteiger charge is 2.43. The minimum Gasteiger partial charge on any atom is -0.350 e. The van der Waals surface area contributed by atoms with E-state index < -0.39 is 0 Å². The molecule has 0 radical (unpaired) electrons. The van der Waals surface area contributed by atoms with Gasteiger partial charge in [0.15, 0.2) is 5.78 Å². The van der Waals surface area contributed by atoms with Gasteiger partial charge in [0.25, 0.3) is 0 Å². The van der Waals surface area contributed by atoms with Crippen LogP contribution in [-0.4, -0.2) is 10.4 Å². The van der Waals surface area contributed by atoms with Crippen LogP contribution in [-0.2, 0) is 7.05 Å². The number of carbonyl (C=O) groups excluding carboxylic acids is 1. The van der Waals surface area contributed by atoms with Crippen molar-refractivity contribution < 1.29 is 4.79 Å². The highest BCUT2D eigenvalue weighted by Crippen LogP contribution is 2.49. The first-order chi connectivity index (χ1) is 9.63. The molecule has 0 saturated heterocycles. The number of halogens is 1. The van der Waals surface area contributed by atoms with Crippen molar-refractivity contribution in [3.63, 3.8) is 0 Å². The molecule has 0 spiro atoms. The SMILES string of the molecule is Cn1cc(C(=O)C2CC3CCC2C3)c2ccc(Cl)cc21. The fourth-order valence-electron chi connectivity index (χ4n) is 4.32. The predicted octanol–water partition coefficient (Wildman–Crippen LogP) is 4.45. The van der Waals surface area contributed by atoms with E-state index in [2.05, 4.69) is 0 Å². The second-order valence-corrected chi connectivity index (χ2v) is 6.90. The van der Waals surface area contributed by atoms with E-state index in [1.54, 1.807) is 0 Å². The van der Waals surface area contributed by atoms with Crippen LogP contribution in [0.2, 0.25) is 5.02 Å². The number of aromatic nitrogens is 1. The molecule has 4 rings (SSSR count). The topological polar surface area (TPSA) is 22.0 Å². The smallest absolute Gasteiger partial charge is 0.168 e. The number of benzene rings is 1. The summed E-state index contributed by atoms with van der Waals surface area (Å²) in [6, 6.07) is 5.80. The molecule has 2 aliphatic rings. The van der Waals surface area contributed by atoms with E-state index in [0.717, 1.165) is 33.8 Å². The number of fused-ring (bicyclic) bond motifs is 3. The molecular formula is C17H18ClNO. The van der Waals surface area contributed by atoms with Crippen LogP contribution < -0.4 is 0 Å². The van der Waals surface area contributed by atoms with Gasteiger partial charge in [-0.25, -0.2) is 0 Å². The number of hydrogen-bond acceptors (Lipinski definition) is 1. The lowest BCUT2D eigenvalue weighted by Crippen LogP contribution is -2.20. The second kappa shape index (κ2) is 4.36. The first-order valence-electron chi connectivity index (χ1n) is 7.42. The van der Waals surface area contributed by atoms with Gasteiger partial charge in [-0.1, -0.05) is 24.1 Å². The van der Waals surface area contributed by atoms with Gasteiger partial charge in [0, 0.05) is 40.7 Å². The zero-order valence-corrected chi connectivity index (χ0v) is 12.4. The van der Waals surface area contributed by atoms with Gasteiger partial charge in [0.1, 0.15) is 0 Å². The van der Waals surface area contributed by atoms with Gasteiger partial charge in [-0.15, -0.1) is 0 Å². The molecule has 2 aliphatic carbocycles. The van der Waals surface area contributed by atoms with Crippen molar-refractivity contribution in [3.05, 3.63) is 35.0 Å². The Balaban J connectivity index is 1.77. The van der Waals surface area contributed by atoms with E-state index in [0.29, 0.717) is 11.7 Å². The molecule has 0 N–H and O–H groups in total. The highest BCUT2D eigenvalue weighted by atomic mass is 35.5. The number of rotatable bonds is 2. The Morgan fingerprint density at radius 2 is 2.15 bits per heavy atom. The number of carbonyl (C=O) groups is 1. The van der Waals surface area contributed by atoms with E-state index >= 15 is 0 Å². The summed E-state index contributed by atoms with van der Waals surface area (Å²) in [4.78, 5) is 12.9. The van der Waals surface area contributed by atoms with Crippen LogP contribution in [0.5, 0.6) is 0 Å². The molecule has 2 nitrogen and oxygen atoms in total. The van der Waals surface area contributed by atoms with Crippen molar-refractivity contribution in [2.45, 2.75) is 25.7 Å². The monoisotopic (exact) mass is 287 g/mol. The van der Waals surface area contributed by atoms with E-state index in [4.69, 9.17) is 11.6 Å². The van der Waals surface area contributed by atoms with Gasteiger partial charge < -0.3 is 4.57 Å². The molecule has 0 amide bonds. The van der Waals surface area contributed by atoms with Gasteiger partial charge in [-0.2, -0.15) is 0 Å². The molecule has 0 aliphatic heterocycles. The van der Waals surface area contributed by atoms with E-state index in [-0.39, 0.29) is 5.92 Å². The lowest BCUT2D eigenvalue weighted by atomic mass is 9.83. The molecule has 20 heavy (non-hydrogen) atoms. The van der Waals surface area contributed by atoms with Crippen LogP contribution in [0.25, 0.3) is 10.9 Å². The minimum atomic E-state index is 0.259. The Morgan fingerprint density at radius 1 is 1.30 bits per heavy atom. The molecule has 1 aromatic carbocycles. The summed E-state index contributed by atoms with van der Waals surface area (Å²) in [6.07, 6.45) is 6.94. The summed E-state index contributed by atoms with van der Waals surface area (Å²) < 4.78 is 2.02. The maximum absolute atomic E-state index is 12.9. The molecule has 104 valence electrons. The Bertz CT molecular complexity index is 702. The number of ketones is 1. The predicted molar refractivity (Wildman–Crippen MR) is 81.2 cm³/mol. The van der Waals surface area contributed by atoms with Gasteiger partial charge in [0.2, 0.25) is 0 Å². The van der Waals surface area contributed by atoms with Crippen LogP contribution in [0, 0.1) is 17.8 Å². The van der Waals surface area contributed by atoms with E-state index in [9.17, 15) is 4.79 Å². The van der Waals surface area contributed by atoms with Crippen molar-refractivity contribution in [1.29, 1.82) is 0 Å². The Kier molecular flexibility index (Phi) is 2.71. The molecule has 2 bridgehead atoms. The quantitative estimate of drug-likeness (QED) is 0.748. The third kappa shape index (κ3) is 1.74. The summed E-state index contributed by atoms with van der Waals surface area (Å²) in [5, 5.41) is 1.77. The Hall–Kier alpha value is -1.28. The fourth-order valence-corrected chi connectivity index (χ4v) is 4.49. The van der Waals surface area contributed by atoms with Crippen LogP contribution in [0.15, 0.2) is 24.4 Å². The molecule has 2 fully saturated rings. The summed E-state index contributed by atoms with van der Waals surface area (Å²) in [7, 11) is 1.98. The van der Waals surface area contributed by atoms with Crippen LogP contribution in [0.4, 0.5) is 0 Å². The maximum atomic E-state index is 12.9. The van der Waals surface area contributed by atoms with Gasteiger partial charge in [0.05, 0.1) is 0 Å². The molecule has 2 aromatic rings. The van der Waals surface area contributed by atoms with Crippen LogP contribution in [0.1, 0.15) is 36.0 Å². The van der Waals surface area contributed by atoms with Gasteiger partial charge >= 0.3 is 0 Å². The number of Topliss-reactive ketones (excluding diaryl/α,β-unsaturated/α-hetero) is 1. The van der Waals surface area contributed by atoms with Crippen LogP contribution in [0.3, 0.4) is 0 Å². The van der Waals surface area contributed by atoms with Crippen LogP contribution >= 0.6 is 11.6 Å². The fraction of sp³-hybridized carbons (Fsp3) is 0.471. The average Bonchev–Trinajstić information content (AvgIpc) is 3.13. The average molecular weight is 288 g/mol. The molecule has 3 heteroatoms. The number of hydrogen-bond donors (Lipinski definition) is 0. The maximum Gasteiger partial charge on any atom is 0.168 e. The summed E-state index contributed by atoms with van der Waals surface area (Å²) in [5.74, 6) is 2.05. The molecule has 3 unspecified atom stereocenters. The van der Waals surface area contributed by atoms with Crippen molar-refractivity contribution >= 4 is 28.3 Å². The van der Waals surface area contributed by atoms with E-state index in [1.807, 2.05) is 36.0 Å². The summed E-state index contributed by atoms with van der Waals surface area (Å²) in [6.45, 7) is 0. The lowest BCUT2D eigenvalue weighted by Gasteiger charge is -2.19. The molecule has 1 aromatic heterocycles. The third-order valence-corrected chi connectivity index (χ3v) is 5.53.